The number of hydrogen-bond donors (Lipinski definition) is 0. The van der Waals surface area contributed by atoms with Gasteiger partial charge in [-0.2, -0.15) is 0 Å². The van der Waals surface area contributed by atoms with Gasteiger partial charge in [0.15, 0.2) is 5.41 Å². The average Bonchev–Trinajstić information content (AvgIpc) is 2.39. The monoisotopic (exact) mass is 270 g/mol. The standard InChI is InChI=1S/C15H26O4/c1-5-8-11-18-13(16)15(4,10-7-3)14(17)19-12-9-6-2/h7H,3,5-6,8-12H2,1-2,4H3. The van der Waals surface area contributed by atoms with Gasteiger partial charge in [-0.25, -0.2) is 0 Å². The normalized spacial score (nSPS) is 10.9. The number of rotatable bonds is 10. The SMILES string of the molecule is C=CCC(C)(C(=O)OCCCC)C(=O)OCCCC. The topological polar surface area (TPSA) is 52.6 Å². The second kappa shape index (κ2) is 9.59. The van der Waals surface area contributed by atoms with Crippen molar-refractivity contribution in [2.24, 2.45) is 5.41 Å². The zero-order valence-electron chi connectivity index (χ0n) is 12.4. The first-order valence-electron chi connectivity index (χ1n) is 6.98. The molecule has 0 aliphatic rings. The molecule has 4 heteroatoms. The summed E-state index contributed by atoms with van der Waals surface area (Å²) >= 11 is 0. The number of esters is 2. The molecular weight excluding hydrogens is 244 g/mol. The second-order valence-corrected chi connectivity index (χ2v) is 4.80. The van der Waals surface area contributed by atoms with Crippen molar-refractivity contribution in [3.63, 3.8) is 0 Å². The summed E-state index contributed by atoms with van der Waals surface area (Å²) in [6.45, 7) is 9.84. The Bertz CT molecular complexity index is 275. The molecule has 0 aliphatic heterocycles. The van der Waals surface area contributed by atoms with Crippen molar-refractivity contribution in [3.05, 3.63) is 12.7 Å². The molecule has 0 radical (unpaired) electrons. The minimum absolute atomic E-state index is 0.225. The first kappa shape index (κ1) is 17.7. The maximum absolute atomic E-state index is 12.0. The van der Waals surface area contributed by atoms with Gasteiger partial charge in [0.2, 0.25) is 0 Å². The van der Waals surface area contributed by atoms with Crippen LogP contribution < -0.4 is 0 Å². The van der Waals surface area contributed by atoms with Gasteiger partial charge in [-0.1, -0.05) is 32.8 Å². The van der Waals surface area contributed by atoms with Crippen LogP contribution in [0, 0.1) is 5.41 Å². The fourth-order valence-electron chi connectivity index (χ4n) is 1.48. The van der Waals surface area contributed by atoms with Crippen LogP contribution in [0.3, 0.4) is 0 Å². The number of allylic oxidation sites excluding steroid dienone is 1. The Balaban J connectivity index is 4.57. The van der Waals surface area contributed by atoms with Crippen LogP contribution in [0.25, 0.3) is 0 Å². The number of unbranched alkanes of at least 4 members (excludes halogenated alkanes) is 2. The number of hydrogen-bond acceptors (Lipinski definition) is 4. The third-order valence-corrected chi connectivity index (χ3v) is 2.92. The molecule has 0 bridgehead atoms. The van der Waals surface area contributed by atoms with Crippen molar-refractivity contribution >= 4 is 11.9 Å². The zero-order valence-corrected chi connectivity index (χ0v) is 12.4. The first-order chi connectivity index (χ1) is 9.02. The molecule has 110 valence electrons. The van der Waals surface area contributed by atoms with Gasteiger partial charge in [-0.3, -0.25) is 9.59 Å². The summed E-state index contributed by atoms with van der Waals surface area (Å²) < 4.78 is 10.3. The molecule has 0 atom stereocenters. The van der Waals surface area contributed by atoms with Gasteiger partial charge in [0.25, 0.3) is 0 Å². The van der Waals surface area contributed by atoms with Crippen LogP contribution in [0.5, 0.6) is 0 Å². The van der Waals surface area contributed by atoms with E-state index in [1.165, 1.54) is 0 Å². The second-order valence-electron chi connectivity index (χ2n) is 4.80. The van der Waals surface area contributed by atoms with Crippen LogP contribution in [0.1, 0.15) is 52.9 Å². The van der Waals surface area contributed by atoms with Crippen LogP contribution in [0.2, 0.25) is 0 Å². The molecular formula is C15H26O4. The van der Waals surface area contributed by atoms with Crippen molar-refractivity contribution in [1.29, 1.82) is 0 Å². The first-order valence-corrected chi connectivity index (χ1v) is 6.98. The third-order valence-electron chi connectivity index (χ3n) is 2.92. The Labute approximate surface area is 116 Å². The zero-order chi connectivity index (χ0) is 14.7. The molecule has 0 heterocycles. The van der Waals surface area contributed by atoms with E-state index in [-0.39, 0.29) is 6.42 Å². The van der Waals surface area contributed by atoms with Crippen molar-refractivity contribution < 1.29 is 19.1 Å². The van der Waals surface area contributed by atoms with Crippen molar-refractivity contribution in [1.82, 2.24) is 0 Å². The molecule has 0 rings (SSSR count). The fourth-order valence-corrected chi connectivity index (χ4v) is 1.48. The van der Waals surface area contributed by atoms with Gasteiger partial charge in [0, 0.05) is 0 Å². The highest BCUT2D eigenvalue weighted by molar-refractivity contribution is 5.99. The summed E-state index contributed by atoms with van der Waals surface area (Å²) in [6.07, 6.45) is 5.23. The van der Waals surface area contributed by atoms with E-state index in [2.05, 4.69) is 6.58 Å². The maximum Gasteiger partial charge on any atom is 0.323 e. The summed E-state index contributed by atoms with van der Waals surface area (Å²) in [5.74, 6) is -1.05. The van der Waals surface area contributed by atoms with Gasteiger partial charge in [-0.15, -0.1) is 6.58 Å². The van der Waals surface area contributed by atoms with Crippen molar-refractivity contribution in [3.8, 4) is 0 Å². The molecule has 0 amide bonds. The Kier molecular flexibility index (Phi) is 8.92. The molecule has 0 N–H and O–H groups in total. The summed E-state index contributed by atoms with van der Waals surface area (Å²) in [5, 5.41) is 0. The molecule has 0 unspecified atom stereocenters. The Morgan fingerprint density at radius 2 is 1.47 bits per heavy atom. The summed E-state index contributed by atoms with van der Waals surface area (Å²) in [4.78, 5) is 24.1. The highest BCUT2D eigenvalue weighted by Crippen LogP contribution is 2.26. The average molecular weight is 270 g/mol. The van der Waals surface area contributed by atoms with Gasteiger partial charge in [0.05, 0.1) is 13.2 Å². The quantitative estimate of drug-likeness (QED) is 0.265. The molecule has 0 aromatic heterocycles. The van der Waals surface area contributed by atoms with Gasteiger partial charge < -0.3 is 9.47 Å². The smallest absolute Gasteiger partial charge is 0.323 e. The van der Waals surface area contributed by atoms with E-state index in [1.807, 2.05) is 13.8 Å². The third kappa shape index (κ3) is 5.90. The molecule has 0 aliphatic carbocycles. The molecule has 0 saturated heterocycles. The lowest BCUT2D eigenvalue weighted by atomic mass is 9.87. The minimum atomic E-state index is -1.27. The van der Waals surface area contributed by atoms with Crippen molar-refractivity contribution in [2.45, 2.75) is 52.9 Å². The predicted molar refractivity (Wildman–Crippen MR) is 74.7 cm³/mol. The van der Waals surface area contributed by atoms with Crippen LogP contribution in [-0.2, 0) is 19.1 Å². The van der Waals surface area contributed by atoms with Gasteiger partial charge in [0.1, 0.15) is 0 Å². The molecule has 0 spiro atoms. The number of carbonyl (C=O) groups excluding carboxylic acids is 2. The lowest BCUT2D eigenvalue weighted by Gasteiger charge is -2.24. The Morgan fingerprint density at radius 1 is 1.05 bits per heavy atom. The summed E-state index contributed by atoms with van der Waals surface area (Å²) in [5.41, 5.74) is -1.27. The lowest BCUT2D eigenvalue weighted by Crippen LogP contribution is -2.39. The summed E-state index contributed by atoms with van der Waals surface area (Å²) in [7, 11) is 0. The van der Waals surface area contributed by atoms with E-state index in [0.29, 0.717) is 13.2 Å². The Morgan fingerprint density at radius 3 is 1.79 bits per heavy atom. The van der Waals surface area contributed by atoms with E-state index in [4.69, 9.17) is 9.47 Å². The predicted octanol–water partition coefficient (Wildman–Crippen LogP) is 3.26. The Hall–Kier alpha value is -1.32. The van der Waals surface area contributed by atoms with Crippen LogP contribution >= 0.6 is 0 Å². The van der Waals surface area contributed by atoms with E-state index < -0.39 is 17.4 Å². The summed E-state index contributed by atoms with van der Waals surface area (Å²) in [6, 6.07) is 0. The van der Waals surface area contributed by atoms with E-state index in [1.54, 1.807) is 13.0 Å². The molecule has 0 aromatic carbocycles. The van der Waals surface area contributed by atoms with E-state index >= 15 is 0 Å². The molecule has 19 heavy (non-hydrogen) atoms. The number of ether oxygens (including phenoxy) is 2. The van der Waals surface area contributed by atoms with Crippen LogP contribution in [0.15, 0.2) is 12.7 Å². The van der Waals surface area contributed by atoms with Gasteiger partial charge in [-0.05, 0) is 26.2 Å². The highest BCUT2D eigenvalue weighted by Gasteiger charge is 2.43. The maximum atomic E-state index is 12.0. The van der Waals surface area contributed by atoms with Crippen LogP contribution in [-0.4, -0.2) is 25.2 Å². The van der Waals surface area contributed by atoms with Crippen molar-refractivity contribution in [2.75, 3.05) is 13.2 Å². The minimum Gasteiger partial charge on any atom is -0.465 e. The number of carbonyl (C=O) groups is 2. The molecule has 0 saturated carbocycles. The molecule has 0 aromatic rings. The largest absolute Gasteiger partial charge is 0.465 e. The van der Waals surface area contributed by atoms with E-state index in [9.17, 15) is 9.59 Å². The van der Waals surface area contributed by atoms with Gasteiger partial charge >= 0.3 is 11.9 Å². The lowest BCUT2D eigenvalue weighted by molar-refractivity contribution is -0.171. The molecule has 0 fully saturated rings. The van der Waals surface area contributed by atoms with Crippen LogP contribution in [0.4, 0.5) is 0 Å². The fraction of sp³-hybridized carbons (Fsp3) is 0.733. The van der Waals surface area contributed by atoms with E-state index in [0.717, 1.165) is 25.7 Å². The molecule has 4 nitrogen and oxygen atoms in total. The highest BCUT2D eigenvalue weighted by atomic mass is 16.6.